The molecule has 0 aliphatic rings. The Morgan fingerprint density at radius 1 is 1.23 bits per heavy atom. The van der Waals surface area contributed by atoms with Crippen molar-refractivity contribution in [2.75, 3.05) is 0 Å². The molecule has 1 unspecified atom stereocenters. The van der Waals surface area contributed by atoms with Gasteiger partial charge in [0.25, 0.3) is 5.69 Å². The molecule has 0 bridgehead atoms. The molecule has 118 valence electrons. The Labute approximate surface area is 123 Å². The van der Waals surface area contributed by atoms with E-state index < -0.39 is 47.1 Å². The number of ether oxygens (including phenoxy) is 1. The molecule has 0 saturated heterocycles. The molecule has 0 fully saturated rings. The molecule has 22 heavy (non-hydrogen) atoms. The fourth-order valence-electron chi connectivity index (χ4n) is 1.57. The SMILES string of the molecule is N[C@H](CC(=O)OC(C(=O)O)c1ccccc1[N+](=O)[O-])C(=O)O. The molecule has 10 heteroatoms. The van der Waals surface area contributed by atoms with Crippen LogP contribution in [0.3, 0.4) is 0 Å². The zero-order valence-electron chi connectivity index (χ0n) is 11.0. The Kier molecular flexibility index (Phi) is 5.52. The second-order valence-electron chi connectivity index (χ2n) is 4.17. The van der Waals surface area contributed by atoms with Gasteiger partial charge >= 0.3 is 17.9 Å². The molecular formula is C12H12N2O8. The third-order valence-electron chi connectivity index (χ3n) is 2.59. The van der Waals surface area contributed by atoms with Gasteiger partial charge < -0.3 is 20.7 Å². The van der Waals surface area contributed by atoms with Gasteiger partial charge in [-0.3, -0.25) is 19.7 Å². The predicted molar refractivity (Wildman–Crippen MR) is 69.8 cm³/mol. The first kappa shape index (κ1) is 17.0. The van der Waals surface area contributed by atoms with E-state index in [2.05, 4.69) is 4.74 Å². The zero-order valence-corrected chi connectivity index (χ0v) is 11.0. The van der Waals surface area contributed by atoms with Gasteiger partial charge in [0.15, 0.2) is 0 Å². The number of nitrogens with zero attached hydrogens (tertiary/aromatic N) is 1. The van der Waals surface area contributed by atoms with Gasteiger partial charge in [-0.15, -0.1) is 0 Å². The Morgan fingerprint density at radius 3 is 2.32 bits per heavy atom. The van der Waals surface area contributed by atoms with Crippen LogP contribution in [0.4, 0.5) is 5.69 Å². The topological polar surface area (TPSA) is 170 Å². The van der Waals surface area contributed by atoms with Crippen molar-refractivity contribution in [1.82, 2.24) is 0 Å². The number of benzene rings is 1. The maximum absolute atomic E-state index is 11.5. The molecule has 10 nitrogen and oxygen atoms in total. The standard InChI is InChI=1S/C12H12N2O8/c13-7(11(16)17)5-9(15)22-10(12(18)19)6-3-1-2-4-8(6)14(20)21/h1-4,7,10H,5,13H2,(H,16,17)(H,18,19)/t7-,10?/m1/s1. The number of nitro benzene ring substituents is 1. The largest absolute Gasteiger partial charge is 0.480 e. The van der Waals surface area contributed by atoms with Gasteiger partial charge in [0.05, 0.1) is 16.9 Å². The quantitative estimate of drug-likeness (QED) is 0.358. The minimum atomic E-state index is -1.94. The molecule has 0 saturated carbocycles. The lowest BCUT2D eigenvalue weighted by atomic mass is 10.1. The first-order valence-corrected chi connectivity index (χ1v) is 5.88. The maximum atomic E-state index is 11.5. The van der Waals surface area contributed by atoms with Crippen molar-refractivity contribution in [2.45, 2.75) is 18.6 Å². The fourth-order valence-corrected chi connectivity index (χ4v) is 1.57. The summed E-state index contributed by atoms with van der Waals surface area (Å²) in [5.74, 6) is -4.29. The Bertz CT molecular complexity index is 615. The van der Waals surface area contributed by atoms with E-state index in [1.807, 2.05) is 0 Å². The second-order valence-corrected chi connectivity index (χ2v) is 4.17. The number of nitrogens with two attached hydrogens (primary N) is 1. The van der Waals surface area contributed by atoms with Gasteiger partial charge in [0, 0.05) is 6.07 Å². The van der Waals surface area contributed by atoms with Crippen molar-refractivity contribution in [2.24, 2.45) is 5.73 Å². The Balaban J connectivity index is 3.01. The highest BCUT2D eigenvalue weighted by atomic mass is 16.6. The molecule has 0 radical (unpaired) electrons. The molecule has 0 aliphatic carbocycles. The highest BCUT2D eigenvalue weighted by Gasteiger charge is 2.31. The summed E-state index contributed by atoms with van der Waals surface area (Å²) in [4.78, 5) is 43.3. The first-order chi connectivity index (χ1) is 10.2. The number of carbonyl (C=O) groups is 3. The van der Waals surface area contributed by atoms with E-state index in [1.165, 1.54) is 12.1 Å². The Hall–Kier alpha value is -3.01. The molecule has 2 atom stereocenters. The number of rotatable bonds is 7. The van der Waals surface area contributed by atoms with Gasteiger partial charge in [-0.1, -0.05) is 12.1 Å². The van der Waals surface area contributed by atoms with Crippen LogP contribution in [0.25, 0.3) is 0 Å². The minimum Gasteiger partial charge on any atom is -0.480 e. The predicted octanol–water partition coefficient (Wildman–Crippen LogP) is 0.0657. The third-order valence-corrected chi connectivity index (χ3v) is 2.59. The normalized spacial score (nSPS) is 13.0. The molecule has 0 heterocycles. The summed E-state index contributed by atoms with van der Waals surface area (Å²) in [7, 11) is 0. The number of carbonyl (C=O) groups excluding carboxylic acids is 1. The molecule has 0 aromatic heterocycles. The van der Waals surface area contributed by atoms with Crippen molar-refractivity contribution in [3.8, 4) is 0 Å². The van der Waals surface area contributed by atoms with Crippen molar-refractivity contribution in [3.05, 3.63) is 39.9 Å². The summed E-state index contributed by atoms with van der Waals surface area (Å²) >= 11 is 0. The molecule has 0 amide bonds. The van der Waals surface area contributed by atoms with Crippen LogP contribution in [0.5, 0.6) is 0 Å². The van der Waals surface area contributed by atoms with Crippen LogP contribution in [0.15, 0.2) is 24.3 Å². The van der Waals surface area contributed by atoms with Crippen molar-refractivity contribution in [1.29, 1.82) is 0 Å². The number of esters is 1. The number of hydrogen-bond donors (Lipinski definition) is 3. The van der Waals surface area contributed by atoms with Crippen molar-refractivity contribution in [3.63, 3.8) is 0 Å². The maximum Gasteiger partial charge on any atom is 0.350 e. The van der Waals surface area contributed by atoms with Crippen LogP contribution in [-0.4, -0.2) is 39.1 Å². The minimum absolute atomic E-state index is 0.336. The summed E-state index contributed by atoms with van der Waals surface area (Å²) in [6.07, 6.45) is -2.70. The first-order valence-electron chi connectivity index (χ1n) is 5.88. The van der Waals surface area contributed by atoms with E-state index in [-0.39, 0.29) is 5.56 Å². The summed E-state index contributed by atoms with van der Waals surface area (Å²) in [6, 6.07) is 3.29. The molecule has 0 aliphatic heterocycles. The molecular weight excluding hydrogens is 300 g/mol. The van der Waals surface area contributed by atoms with Crippen LogP contribution >= 0.6 is 0 Å². The lowest BCUT2D eigenvalue weighted by molar-refractivity contribution is -0.386. The van der Waals surface area contributed by atoms with E-state index >= 15 is 0 Å². The zero-order chi connectivity index (χ0) is 16.9. The highest BCUT2D eigenvalue weighted by molar-refractivity contribution is 5.84. The molecule has 1 aromatic carbocycles. The van der Waals surface area contributed by atoms with Crippen LogP contribution in [-0.2, 0) is 19.1 Å². The fraction of sp³-hybridized carbons (Fsp3) is 0.250. The molecule has 4 N–H and O–H groups in total. The Morgan fingerprint density at radius 2 is 1.82 bits per heavy atom. The summed E-state index contributed by atoms with van der Waals surface area (Å²) < 4.78 is 4.62. The van der Waals surface area contributed by atoms with Crippen LogP contribution in [0.2, 0.25) is 0 Å². The molecule has 0 spiro atoms. The van der Waals surface area contributed by atoms with E-state index in [9.17, 15) is 24.5 Å². The summed E-state index contributed by atoms with van der Waals surface area (Å²) in [6.45, 7) is 0. The number of para-hydroxylation sites is 1. The smallest absolute Gasteiger partial charge is 0.350 e. The van der Waals surface area contributed by atoms with E-state index in [0.29, 0.717) is 0 Å². The second kappa shape index (κ2) is 7.13. The van der Waals surface area contributed by atoms with Gasteiger partial charge in [0.1, 0.15) is 6.04 Å². The van der Waals surface area contributed by atoms with E-state index in [1.54, 1.807) is 0 Å². The average Bonchev–Trinajstić information content (AvgIpc) is 2.44. The van der Waals surface area contributed by atoms with E-state index in [0.717, 1.165) is 12.1 Å². The summed E-state index contributed by atoms with van der Waals surface area (Å²) in [5.41, 5.74) is 4.26. The van der Waals surface area contributed by atoms with Gasteiger partial charge in [0.2, 0.25) is 6.10 Å². The van der Waals surface area contributed by atoms with Gasteiger partial charge in [-0.2, -0.15) is 0 Å². The molecule has 1 aromatic rings. The number of aliphatic carboxylic acids is 2. The van der Waals surface area contributed by atoms with Crippen molar-refractivity contribution >= 4 is 23.6 Å². The summed E-state index contributed by atoms with van der Waals surface area (Å²) in [5, 5.41) is 28.5. The van der Waals surface area contributed by atoms with Crippen LogP contribution < -0.4 is 5.73 Å². The van der Waals surface area contributed by atoms with Crippen molar-refractivity contribution < 1.29 is 34.3 Å². The third kappa shape index (κ3) is 4.24. The van der Waals surface area contributed by atoms with Crippen LogP contribution in [0, 0.1) is 10.1 Å². The lowest BCUT2D eigenvalue weighted by Gasteiger charge is -2.15. The number of hydrogen-bond acceptors (Lipinski definition) is 7. The molecule has 1 rings (SSSR count). The number of carboxylic acids is 2. The van der Waals surface area contributed by atoms with Gasteiger partial charge in [-0.05, 0) is 6.07 Å². The van der Waals surface area contributed by atoms with Gasteiger partial charge in [-0.25, -0.2) is 4.79 Å². The lowest BCUT2D eigenvalue weighted by Crippen LogP contribution is -2.34. The monoisotopic (exact) mass is 312 g/mol. The highest BCUT2D eigenvalue weighted by Crippen LogP contribution is 2.28. The average molecular weight is 312 g/mol. The number of carboxylic acid groups (broad SMARTS) is 2. The van der Waals surface area contributed by atoms with E-state index in [4.69, 9.17) is 15.9 Å². The van der Waals surface area contributed by atoms with Crippen LogP contribution in [0.1, 0.15) is 18.1 Å². The number of nitro groups is 1.